The van der Waals surface area contributed by atoms with Crippen LogP contribution >= 0.6 is 0 Å². The van der Waals surface area contributed by atoms with Crippen molar-refractivity contribution in [1.29, 1.82) is 0 Å². The van der Waals surface area contributed by atoms with E-state index in [1.54, 1.807) is 0 Å². The van der Waals surface area contributed by atoms with E-state index in [-0.39, 0.29) is 12.8 Å². The summed E-state index contributed by atoms with van der Waals surface area (Å²) in [6.07, 6.45) is -16.7. The maximum Gasteiger partial charge on any atom is 0.469 e. The van der Waals surface area contributed by atoms with E-state index in [1.165, 1.54) is 13.8 Å². The zero-order chi connectivity index (χ0) is 49.3. The van der Waals surface area contributed by atoms with Gasteiger partial charge in [-0.2, -0.15) is 115 Å². The number of imidazole rings is 2. The minimum Gasteiger partial charge on any atom is -0.759 e. The summed E-state index contributed by atoms with van der Waals surface area (Å²) in [7, 11) is -2.85. The smallest absolute Gasteiger partial charge is 0.469 e. The summed E-state index contributed by atoms with van der Waals surface area (Å²) in [5.41, 5.74) is 0. The molecule has 0 saturated carbocycles. The Hall–Kier alpha value is -3.53. The maximum absolute atomic E-state index is 13.6. The number of hydrogen-bond donors (Lipinski definition) is 0. The molecule has 0 aromatic carbocycles. The molecule has 0 N–H and O–H groups in total. The van der Waals surface area contributed by atoms with E-state index >= 15 is 0 Å². The Bertz CT molecular complexity index is 1710. The number of nitrogens with zero attached hydrogens (tertiary/aromatic N) is 4. The van der Waals surface area contributed by atoms with Crippen LogP contribution in [-0.2, 0) is 49.4 Å². The van der Waals surface area contributed by atoms with Crippen LogP contribution in [0.2, 0.25) is 0 Å². The Morgan fingerprint density at radius 2 is 0.767 bits per heavy atom. The van der Waals surface area contributed by atoms with Gasteiger partial charge in [-0.05, 0) is 0 Å². The van der Waals surface area contributed by atoms with E-state index in [0.29, 0.717) is 12.4 Å². The van der Waals surface area contributed by atoms with Gasteiger partial charge < -0.3 is 9.11 Å². The molecule has 2 aromatic rings. The highest BCUT2D eigenvalue weighted by atomic mass is 32.3. The van der Waals surface area contributed by atoms with E-state index < -0.39 is 110 Å². The quantitative estimate of drug-likeness (QED) is 0.0980. The van der Waals surface area contributed by atoms with E-state index in [4.69, 9.17) is 17.5 Å². The lowest BCUT2D eigenvalue weighted by molar-refractivity contribution is -0.679. The van der Waals surface area contributed by atoms with Crippen molar-refractivity contribution >= 4 is 10.4 Å². The molecule has 2 aromatic heterocycles. The molecule has 2 heterocycles. The molecule has 356 valence electrons. The van der Waals surface area contributed by atoms with Crippen molar-refractivity contribution in [3.05, 3.63) is 36.4 Å². The third-order valence-corrected chi connectivity index (χ3v) is 6.99. The van der Waals surface area contributed by atoms with Crippen LogP contribution in [0, 0.1) is 0 Å². The molecule has 0 aliphatic carbocycles. The van der Waals surface area contributed by atoms with Gasteiger partial charge in [-0.1, -0.05) is 13.8 Å². The van der Waals surface area contributed by atoms with E-state index in [0.717, 1.165) is 35.6 Å². The van der Waals surface area contributed by atoms with Crippen molar-refractivity contribution in [2.75, 3.05) is 0 Å². The molecule has 0 bridgehead atoms. The van der Waals surface area contributed by atoms with Crippen LogP contribution in [0.3, 0.4) is 0 Å². The molecular weight excluding hydrogens is 946 g/mol. The summed E-state index contributed by atoms with van der Waals surface area (Å²) in [5, 5.41) is 0. The standard InChI is InChI=1S/2C10H10F9N2.C5H4F8.H2O4S/c2*1-3-6-20(2)4-5-21(6)10(18,19)8(13,14)7(11,12)9(15,16)17;1-3(8,9)5(12,13)4(10,11)2(6)7;1-5(2,3)4/h2*4-5H,3H2,1-2H3;2H,1H3;(H2,1,2,3,4)/q2*+1;;/p-2. The largest absolute Gasteiger partial charge is 0.759 e. The molecule has 2 rings (SSSR count). The Labute approximate surface area is 317 Å². The first-order valence-corrected chi connectivity index (χ1v) is 15.8. The summed E-state index contributed by atoms with van der Waals surface area (Å²) in [4.78, 5) is 0. The third-order valence-electron chi connectivity index (χ3n) is 6.99. The van der Waals surface area contributed by atoms with Crippen LogP contribution < -0.4 is 9.13 Å². The number of rotatable bonds is 11. The van der Waals surface area contributed by atoms with Gasteiger partial charge in [0.1, 0.15) is 24.8 Å². The Balaban J connectivity index is 0. The molecular formula is C25H24F26N4O4S. The van der Waals surface area contributed by atoms with Gasteiger partial charge in [0.05, 0.1) is 14.1 Å². The first-order valence-electron chi connectivity index (χ1n) is 14.5. The minimum absolute atomic E-state index is 0.285. The van der Waals surface area contributed by atoms with Gasteiger partial charge in [-0.15, -0.1) is 0 Å². The maximum atomic E-state index is 13.6. The molecule has 0 unspecified atom stereocenters. The summed E-state index contributed by atoms with van der Waals surface area (Å²) in [6.45, 7) is 1.95. The molecule has 0 spiro atoms. The fraction of sp³-hybridized carbons (Fsp3) is 0.760. The number of hydrogen-bond acceptors (Lipinski definition) is 4. The molecule has 0 atom stereocenters. The van der Waals surface area contributed by atoms with Gasteiger partial charge in [0.2, 0.25) is 0 Å². The van der Waals surface area contributed by atoms with Crippen LogP contribution in [0.15, 0.2) is 24.8 Å². The van der Waals surface area contributed by atoms with Gasteiger partial charge in [-0.25, -0.2) is 17.9 Å². The van der Waals surface area contributed by atoms with Gasteiger partial charge in [0, 0.05) is 30.2 Å². The van der Waals surface area contributed by atoms with Gasteiger partial charge in [-0.3, -0.25) is 8.42 Å². The number of aromatic nitrogens is 4. The van der Waals surface area contributed by atoms with Crippen molar-refractivity contribution in [3.8, 4) is 0 Å². The average molecular weight is 971 g/mol. The van der Waals surface area contributed by atoms with Crippen molar-refractivity contribution in [1.82, 2.24) is 9.13 Å². The zero-order valence-corrected chi connectivity index (χ0v) is 30.3. The molecule has 0 saturated heterocycles. The van der Waals surface area contributed by atoms with Crippen LogP contribution in [0.5, 0.6) is 0 Å². The van der Waals surface area contributed by atoms with Crippen LogP contribution in [0.4, 0.5) is 114 Å². The number of alkyl halides is 26. The topological polar surface area (TPSA) is 97.9 Å². The first-order chi connectivity index (χ1) is 25.9. The second-order valence-corrected chi connectivity index (χ2v) is 12.1. The van der Waals surface area contributed by atoms with Crippen molar-refractivity contribution in [2.24, 2.45) is 14.1 Å². The van der Waals surface area contributed by atoms with Crippen LogP contribution in [0.25, 0.3) is 0 Å². The Morgan fingerprint density at radius 3 is 0.917 bits per heavy atom. The summed E-state index contributed by atoms with van der Waals surface area (Å²) >= 11 is 0. The highest BCUT2D eigenvalue weighted by molar-refractivity contribution is 7.79. The van der Waals surface area contributed by atoms with Crippen molar-refractivity contribution in [3.63, 3.8) is 0 Å². The fourth-order valence-corrected chi connectivity index (χ4v) is 3.83. The van der Waals surface area contributed by atoms with Crippen molar-refractivity contribution in [2.45, 2.75) is 106 Å². The fourth-order valence-electron chi connectivity index (χ4n) is 3.83. The zero-order valence-electron chi connectivity index (χ0n) is 29.5. The van der Waals surface area contributed by atoms with Gasteiger partial charge in [0.25, 0.3) is 11.6 Å². The second kappa shape index (κ2) is 18.1. The summed E-state index contributed by atoms with van der Waals surface area (Å²) in [6, 6.07) is -11.5. The molecule has 0 aliphatic heterocycles. The van der Waals surface area contributed by atoms with Crippen LogP contribution in [-0.4, -0.2) is 86.9 Å². The normalized spacial score (nSPS) is 14.5. The Kier molecular flexibility index (Phi) is 17.6. The van der Waals surface area contributed by atoms with E-state index in [1.807, 2.05) is 0 Å². The summed E-state index contributed by atoms with van der Waals surface area (Å²) in [5.74, 6) is -45.5. The lowest BCUT2D eigenvalue weighted by Gasteiger charge is -2.31. The predicted octanol–water partition coefficient (Wildman–Crippen LogP) is 8.35. The molecule has 0 amide bonds. The van der Waals surface area contributed by atoms with E-state index in [9.17, 15) is 114 Å². The highest BCUT2D eigenvalue weighted by Crippen LogP contribution is 2.56. The molecule has 0 aliphatic rings. The second-order valence-electron chi connectivity index (χ2n) is 11.3. The first kappa shape index (κ1) is 58.6. The third kappa shape index (κ3) is 11.5. The predicted molar refractivity (Wildman–Crippen MR) is 139 cm³/mol. The number of aryl methyl sites for hydroxylation is 2. The van der Waals surface area contributed by atoms with Crippen molar-refractivity contribution < 1.29 is 141 Å². The van der Waals surface area contributed by atoms with Crippen LogP contribution in [0.1, 0.15) is 32.4 Å². The SMILES string of the molecule is CC(F)(F)C(F)(F)C(F)(F)C(F)F.CCc1n(C(F)(F)C(F)(F)C(F)(F)C(F)(F)F)cc[n+]1C.CCc1n(C(F)(F)C(F)(F)C(F)(F)C(F)(F)F)cc[n+]1C.O=S(=O)([O-])[O-]. The van der Waals surface area contributed by atoms with Gasteiger partial charge >= 0.3 is 72.3 Å². The Morgan fingerprint density at radius 1 is 0.533 bits per heavy atom. The lowest BCUT2D eigenvalue weighted by atomic mass is 10.1. The molecule has 0 radical (unpaired) electrons. The minimum atomic E-state index is -6.89. The molecule has 60 heavy (non-hydrogen) atoms. The lowest BCUT2D eigenvalue weighted by Crippen LogP contribution is -2.61. The van der Waals surface area contributed by atoms with Gasteiger partial charge in [0.15, 0.2) is 0 Å². The molecule has 35 heteroatoms. The van der Waals surface area contributed by atoms with E-state index in [2.05, 4.69) is 0 Å². The molecule has 0 fully saturated rings. The number of halogens is 26. The molecule has 8 nitrogen and oxygen atoms in total. The average Bonchev–Trinajstić information content (AvgIpc) is 3.60. The monoisotopic (exact) mass is 970 g/mol. The highest BCUT2D eigenvalue weighted by Gasteiger charge is 2.86. The summed E-state index contributed by atoms with van der Waals surface area (Å²) < 4.78 is 359.